The van der Waals surface area contributed by atoms with Crippen LogP contribution in [0, 0.1) is 5.82 Å². The van der Waals surface area contributed by atoms with Gasteiger partial charge in [0.15, 0.2) is 6.61 Å². The predicted octanol–water partition coefficient (Wildman–Crippen LogP) is 3.30. The summed E-state index contributed by atoms with van der Waals surface area (Å²) in [5.41, 5.74) is 2.67. The number of sulfonamides is 1. The number of nitrogens with zero attached hydrogens (tertiary/aromatic N) is 3. The van der Waals surface area contributed by atoms with Crippen molar-refractivity contribution >= 4 is 27.3 Å². The third-order valence-electron chi connectivity index (χ3n) is 6.44. The fourth-order valence-electron chi connectivity index (χ4n) is 4.50. The Bertz CT molecular complexity index is 1310. The van der Waals surface area contributed by atoms with Crippen LogP contribution in [0.15, 0.2) is 77.7 Å². The van der Waals surface area contributed by atoms with Gasteiger partial charge in [0.25, 0.3) is 15.9 Å². The van der Waals surface area contributed by atoms with E-state index in [-0.39, 0.29) is 23.2 Å². The molecule has 1 amide bonds. The molecule has 0 aromatic heterocycles. The van der Waals surface area contributed by atoms with Gasteiger partial charge >= 0.3 is 0 Å². The van der Waals surface area contributed by atoms with Crippen LogP contribution in [0.25, 0.3) is 0 Å². The lowest BCUT2D eigenvalue weighted by atomic mass is 10.2. The zero-order chi connectivity index (χ0) is 24.4. The van der Waals surface area contributed by atoms with Crippen LogP contribution in [0.3, 0.4) is 0 Å². The molecule has 2 aliphatic heterocycles. The molecule has 0 saturated carbocycles. The molecule has 3 aromatic rings. The maximum Gasteiger partial charge on any atom is 0.264 e. The van der Waals surface area contributed by atoms with Crippen molar-refractivity contribution < 1.29 is 22.3 Å². The summed E-state index contributed by atoms with van der Waals surface area (Å²) >= 11 is 0. The fraction of sp³-hybridized carbons (Fsp3) is 0.269. The molecule has 0 spiro atoms. The first-order valence-corrected chi connectivity index (χ1v) is 13.0. The number of hydrogen-bond donors (Lipinski definition) is 0. The number of para-hydroxylation sites is 1. The summed E-state index contributed by atoms with van der Waals surface area (Å²) in [5, 5.41) is 0. The van der Waals surface area contributed by atoms with Gasteiger partial charge in [0.05, 0.1) is 10.6 Å². The number of anilines is 2. The molecule has 182 valence electrons. The van der Waals surface area contributed by atoms with E-state index in [4.69, 9.17) is 4.74 Å². The number of amides is 1. The maximum absolute atomic E-state index is 13.1. The molecule has 2 heterocycles. The van der Waals surface area contributed by atoms with Crippen molar-refractivity contribution in [3.05, 3.63) is 84.2 Å². The fourth-order valence-corrected chi connectivity index (χ4v) is 6.00. The van der Waals surface area contributed by atoms with Crippen molar-refractivity contribution in [2.45, 2.75) is 11.3 Å². The van der Waals surface area contributed by atoms with Gasteiger partial charge in [-0.2, -0.15) is 0 Å². The summed E-state index contributed by atoms with van der Waals surface area (Å²) in [5.74, 6) is 0.0323. The van der Waals surface area contributed by atoms with E-state index in [1.54, 1.807) is 29.2 Å². The van der Waals surface area contributed by atoms with Crippen molar-refractivity contribution in [3.8, 4) is 5.75 Å². The van der Waals surface area contributed by atoms with Gasteiger partial charge in [0, 0.05) is 38.4 Å². The summed E-state index contributed by atoms with van der Waals surface area (Å²) in [6.07, 6.45) is 0.691. The Morgan fingerprint density at radius 1 is 0.857 bits per heavy atom. The molecular formula is C26H26FN3O4S. The van der Waals surface area contributed by atoms with Crippen LogP contribution in [-0.4, -0.2) is 58.6 Å². The second-order valence-electron chi connectivity index (χ2n) is 8.56. The minimum absolute atomic E-state index is 0.123. The smallest absolute Gasteiger partial charge is 0.264 e. The molecule has 0 N–H and O–H groups in total. The second kappa shape index (κ2) is 9.58. The average molecular weight is 496 g/mol. The van der Waals surface area contributed by atoms with Crippen LogP contribution >= 0.6 is 0 Å². The lowest BCUT2D eigenvalue weighted by molar-refractivity contribution is -0.133. The monoisotopic (exact) mass is 495 g/mol. The average Bonchev–Trinajstić information content (AvgIpc) is 3.33. The highest BCUT2D eigenvalue weighted by Crippen LogP contribution is 2.33. The molecule has 0 atom stereocenters. The molecule has 3 aromatic carbocycles. The molecule has 9 heteroatoms. The Balaban J connectivity index is 1.15. The molecule has 0 bridgehead atoms. The number of carbonyl (C=O) groups excluding carboxylic acids is 1. The van der Waals surface area contributed by atoms with Crippen LogP contribution in [0.5, 0.6) is 5.75 Å². The molecule has 0 unspecified atom stereocenters. The molecule has 7 nitrogen and oxygen atoms in total. The minimum atomic E-state index is -3.67. The summed E-state index contributed by atoms with van der Waals surface area (Å²) in [6.45, 7) is 2.71. The highest BCUT2D eigenvalue weighted by molar-refractivity contribution is 7.92. The lowest BCUT2D eigenvalue weighted by Gasteiger charge is -2.36. The first kappa shape index (κ1) is 23.2. The van der Waals surface area contributed by atoms with Crippen LogP contribution in [0.4, 0.5) is 15.8 Å². The van der Waals surface area contributed by atoms with Crippen molar-refractivity contribution in [1.82, 2.24) is 4.90 Å². The van der Waals surface area contributed by atoms with Gasteiger partial charge in [-0.3, -0.25) is 9.10 Å². The number of hydrogen-bond acceptors (Lipinski definition) is 5. The van der Waals surface area contributed by atoms with Gasteiger partial charge < -0.3 is 14.5 Å². The SMILES string of the molecule is O=C(COc1ccc(S(=O)(=O)N2CCc3ccccc32)cc1)N1CCN(c2ccc(F)cc2)CC1. The Hall–Kier alpha value is -3.59. The Kier molecular flexibility index (Phi) is 6.34. The summed E-state index contributed by atoms with van der Waals surface area (Å²) < 4.78 is 46.5. The van der Waals surface area contributed by atoms with E-state index in [0.29, 0.717) is 44.9 Å². The molecule has 1 fully saturated rings. The molecule has 0 aliphatic carbocycles. The number of piperazine rings is 1. The van der Waals surface area contributed by atoms with E-state index in [0.717, 1.165) is 16.9 Å². The number of rotatable bonds is 6. The van der Waals surface area contributed by atoms with E-state index in [1.165, 1.54) is 28.6 Å². The third-order valence-corrected chi connectivity index (χ3v) is 8.27. The lowest BCUT2D eigenvalue weighted by Crippen LogP contribution is -2.50. The summed E-state index contributed by atoms with van der Waals surface area (Å²) in [7, 11) is -3.67. The van der Waals surface area contributed by atoms with Crippen molar-refractivity contribution in [1.29, 1.82) is 0 Å². The van der Waals surface area contributed by atoms with Gasteiger partial charge in [0.1, 0.15) is 11.6 Å². The predicted molar refractivity (Wildman–Crippen MR) is 132 cm³/mol. The van der Waals surface area contributed by atoms with E-state index in [9.17, 15) is 17.6 Å². The van der Waals surface area contributed by atoms with Gasteiger partial charge in [-0.25, -0.2) is 12.8 Å². The second-order valence-corrected chi connectivity index (χ2v) is 10.4. The van der Waals surface area contributed by atoms with Crippen LogP contribution < -0.4 is 13.9 Å². The van der Waals surface area contributed by atoms with E-state index < -0.39 is 10.0 Å². The number of fused-ring (bicyclic) bond motifs is 1. The van der Waals surface area contributed by atoms with Gasteiger partial charge in [-0.1, -0.05) is 18.2 Å². The van der Waals surface area contributed by atoms with Crippen molar-refractivity contribution in [2.75, 3.05) is 48.5 Å². The molecular weight excluding hydrogens is 469 g/mol. The van der Waals surface area contributed by atoms with Gasteiger partial charge in [-0.05, 0) is 66.6 Å². The highest BCUT2D eigenvalue weighted by Gasteiger charge is 2.30. The highest BCUT2D eigenvalue weighted by atomic mass is 32.2. The maximum atomic E-state index is 13.1. The normalized spacial score (nSPS) is 15.7. The van der Waals surface area contributed by atoms with Crippen molar-refractivity contribution in [3.63, 3.8) is 0 Å². The first-order chi connectivity index (χ1) is 16.9. The van der Waals surface area contributed by atoms with Crippen LogP contribution in [0.2, 0.25) is 0 Å². The van der Waals surface area contributed by atoms with Crippen molar-refractivity contribution in [2.24, 2.45) is 0 Å². The van der Waals surface area contributed by atoms with E-state index >= 15 is 0 Å². The number of ether oxygens (including phenoxy) is 1. The minimum Gasteiger partial charge on any atom is -0.484 e. The van der Waals surface area contributed by atoms with Gasteiger partial charge in [-0.15, -0.1) is 0 Å². The van der Waals surface area contributed by atoms with E-state index in [1.807, 2.05) is 24.3 Å². The van der Waals surface area contributed by atoms with Crippen LogP contribution in [-0.2, 0) is 21.2 Å². The largest absolute Gasteiger partial charge is 0.484 e. The zero-order valence-electron chi connectivity index (χ0n) is 19.1. The Morgan fingerprint density at radius 3 is 2.26 bits per heavy atom. The molecule has 35 heavy (non-hydrogen) atoms. The molecule has 5 rings (SSSR count). The Labute approximate surface area is 204 Å². The van der Waals surface area contributed by atoms with Gasteiger partial charge in [0.2, 0.25) is 0 Å². The number of carbonyl (C=O) groups is 1. The summed E-state index contributed by atoms with van der Waals surface area (Å²) in [6, 6.07) is 20.0. The molecule has 1 saturated heterocycles. The number of benzene rings is 3. The van der Waals surface area contributed by atoms with Crippen LogP contribution in [0.1, 0.15) is 5.56 Å². The quantitative estimate of drug-likeness (QED) is 0.525. The topological polar surface area (TPSA) is 70.2 Å². The zero-order valence-corrected chi connectivity index (χ0v) is 20.0. The number of halogens is 1. The Morgan fingerprint density at radius 2 is 1.54 bits per heavy atom. The molecule has 2 aliphatic rings. The summed E-state index contributed by atoms with van der Waals surface area (Å²) in [4.78, 5) is 16.6. The first-order valence-electron chi connectivity index (χ1n) is 11.5. The standard InChI is InChI=1S/C26H26FN3O4S/c27-21-5-7-22(8-6-21)28-15-17-29(18-16-28)26(31)19-34-23-9-11-24(12-10-23)35(32,33)30-14-13-20-3-1-2-4-25(20)30/h1-12H,13-19H2. The molecule has 0 radical (unpaired) electrons. The van der Waals surface area contributed by atoms with E-state index in [2.05, 4.69) is 4.90 Å². The third kappa shape index (κ3) is 4.81.